The highest BCUT2D eigenvalue weighted by Gasteiger charge is 2.48. The van der Waals surface area contributed by atoms with E-state index < -0.39 is 5.41 Å². The van der Waals surface area contributed by atoms with Crippen molar-refractivity contribution in [1.29, 1.82) is 0 Å². The van der Waals surface area contributed by atoms with Crippen LogP contribution in [0.15, 0.2) is 5.16 Å². The van der Waals surface area contributed by atoms with E-state index in [2.05, 4.69) is 5.16 Å². The molecule has 0 aromatic carbocycles. The van der Waals surface area contributed by atoms with E-state index in [4.69, 9.17) is 10.9 Å². The molecule has 2 rings (SSSR count). The number of rotatable bonds is 4. The van der Waals surface area contributed by atoms with Crippen molar-refractivity contribution >= 4 is 11.7 Å². The topological polar surface area (TPSA) is 78.9 Å². The molecule has 2 aliphatic rings. The first-order valence-corrected chi connectivity index (χ1v) is 7.95. The third kappa shape index (κ3) is 2.63. The van der Waals surface area contributed by atoms with Gasteiger partial charge in [0.25, 0.3) is 0 Å². The van der Waals surface area contributed by atoms with Crippen LogP contribution in [0.4, 0.5) is 0 Å². The van der Waals surface area contributed by atoms with Crippen molar-refractivity contribution in [3.63, 3.8) is 0 Å². The zero-order chi connectivity index (χ0) is 14.6. The average molecular weight is 281 g/mol. The molecule has 3 N–H and O–H groups in total. The minimum Gasteiger partial charge on any atom is -0.409 e. The number of oxime groups is 1. The van der Waals surface area contributed by atoms with Crippen molar-refractivity contribution < 1.29 is 10.0 Å². The fourth-order valence-electron chi connectivity index (χ4n) is 3.89. The van der Waals surface area contributed by atoms with Gasteiger partial charge in [0.05, 0.1) is 0 Å². The number of hydrogen-bond acceptors (Lipinski definition) is 3. The van der Waals surface area contributed by atoms with Crippen LogP contribution >= 0.6 is 0 Å². The van der Waals surface area contributed by atoms with Gasteiger partial charge in [-0.05, 0) is 32.6 Å². The number of carbonyl (C=O) groups is 1. The summed E-state index contributed by atoms with van der Waals surface area (Å²) < 4.78 is 0. The lowest BCUT2D eigenvalue weighted by atomic mass is 9.81. The van der Waals surface area contributed by atoms with E-state index in [1.807, 2.05) is 11.8 Å². The van der Waals surface area contributed by atoms with Gasteiger partial charge < -0.3 is 15.8 Å². The van der Waals surface area contributed by atoms with E-state index in [0.29, 0.717) is 25.4 Å². The van der Waals surface area contributed by atoms with E-state index in [-0.39, 0.29) is 11.7 Å². The summed E-state index contributed by atoms with van der Waals surface area (Å²) in [5.74, 6) is 0.189. The molecule has 0 aromatic heterocycles. The fourth-order valence-corrected chi connectivity index (χ4v) is 3.89. The SMILES string of the molecule is CCN(C(=O)C1(C(N)=NO)CCCC1)C1CCCCC1. The van der Waals surface area contributed by atoms with Crippen LogP contribution in [0.1, 0.15) is 64.7 Å². The number of amides is 1. The summed E-state index contributed by atoms with van der Waals surface area (Å²) in [5.41, 5.74) is 5.14. The number of amidine groups is 1. The van der Waals surface area contributed by atoms with Crippen molar-refractivity contribution in [3.8, 4) is 0 Å². The smallest absolute Gasteiger partial charge is 0.236 e. The molecule has 5 heteroatoms. The molecule has 0 unspecified atom stereocenters. The lowest BCUT2D eigenvalue weighted by Gasteiger charge is -2.39. The highest BCUT2D eigenvalue weighted by Crippen LogP contribution is 2.41. The van der Waals surface area contributed by atoms with E-state index in [1.165, 1.54) is 19.3 Å². The predicted octanol–water partition coefficient (Wildman–Crippen LogP) is 2.47. The fraction of sp³-hybridized carbons (Fsp3) is 0.867. The van der Waals surface area contributed by atoms with Crippen molar-refractivity contribution in [2.24, 2.45) is 16.3 Å². The van der Waals surface area contributed by atoms with Gasteiger partial charge in [0.1, 0.15) is 5.41 Å². The zero-order valence-corrected chi connectivity index (χ0v) is 12.5. The summed E-state index contributed by atoms with van der Waals surface area (Å²) in [4.78, 5) is 15.0. The van der Waals surface area contributed by atoms with Gasteiger partial charge in [-0.25, -0.2) is 0 Å². The van der Waals surface area contributed by atoms with Gasteiger partial charge in [0.15, 0.2) is 5.84 Å². The van der Waals surface area contributed by atoms with Crippen LogP contribution in [0.3, 0.4) is 0 Å². The van der Waals surface area contributed by atoms with Gasteiger partial charge in [-0.1, -0.05) is 37.3 Å². The first kappa shape index (κ1) is 15.1. The van der Waals surface area contributed by atoms with E-state index in [9.17, 15) is 4.79 Å². The molecule has 0 aliphatic heterocycles. The molecule has 0 atom stereocenters. The van der Waals surface area contributed by atoms with Crippen molar-refractivity contribution in [2.75, 3.05) is 6.54 Å². The first-order chi connectivity index (χ1) is 9.65. The van der Waals surface area contributed by atoms with E-state index >= 15 is 0 Å². The zero-order valence-electron chi connectivity index (χ0n) is 12.5. The second kappa shape index (κ2) is 6.46. The largest absolute Gasteiger partial charge is 0.409 e. The Bertz CT molecular complexity index is 369. The third-order valence-electron chi connectivity index (χ3n) is 5.08. The standard InChI is InChI=1S/C15H27N3O2/c1-2-18(12-8-4-3-5-9-12)14(19)15(13(16)17-20)10-6-7-11-15/h12,20H,2-11H2,1H3,(H2,16,17). The summed E-state index contributed by atoms with van der Waals surface area (Å²) in [6, 6.07) is 0.338. The number of hydrogen-bond donors (Lipinski definition) is 2. The lowest BCUT2D eigenvalue weighted by Crippen LogP contribution is -2.53. The summed E-state index contributed by atoms with van der Waals surface area (Å²) in [5, 5.41) is 12.2. The van der Waals surface area contributed by atoms with Crippen molar-refractivity contribution in [1.82, 2.24) is 4.90 Å². The summed E-state index contributed by atoms with van der Waals surface area (Å²) in [7, 11) is 0. The lowest BCUT2D eigenvalue weighted by molar-refractivity contribution is -0.141. The van der Waals surface area contributed by atoms with Gasteiger partial charge in [0.2, 0.25) is 5.91 Å². The second-order valence-corrected chi connectivity index (χ2v) is 6.16. The molecule has 0 heterocycles. The van der Waals surface area contributed by atoms with E-state index in [0.717, 1.165) is 25.7 Å². The Hall–Kier alpha value is -1.26. The molecular formula is C15H27N3O2. The Labute approximate surface area is 121 Å². The third-order valence-corrected chi connectivity index (χ3v) is 5.08. The minimum atomic E-state index is -0.748. The van der Waals surface area contributed by atoms with Crippen molar-refractivity contribution in [3.05, 3.63) is 0 Å². The molecular weight excluding hydrogens is 254 g/mol. The molecule has 0 aromatic rings. The molecule has 2 fully saturated rings. The molecule has 0 bridgehead atoms. The van der Waals surface area contributed by atoms with Crippen LogP contribution in [0.5, 0.6) is 0 Å². The maximum Gasteiger partial charge on any atom is 0.236 e. The number of carbonyl (C=O) groups excluding carboxylic acids is 1. The van der Waals surface area contributed by atoms with Gasteiger partial charge in [0, 0.05) is 12.6 Å². The van der Waals surface area contributed by atoms with Gasteiger partial charge >= 0.3 is 0 Å². The van der Waals surface area contributed by atoms with Crippen LogP contribution in [0, 0.1) is 5.41 Å². The molecule has 2 saturated carbocycles. The molecule has 0 spiro atoms. The maximum atomic E-state index is 13.1. The van der Waals surface area contributed by atoms with Crippen LogP contribution in [-0.4, -0.2) is 34.4 Å². The Kier molecular flexibility index (Phi) is 4.89. The highest BCUT2D eigenvalue weighted by molar-refractivity contribution is 6.07. The Morgan fingerprint density at radius 3 is 2.35 bits per heavy atom. The molecule has 1 amide bonds. The Morgan fingerprint density at radius 2 is 1.85 bits per heavy atom. The number of nitrogens with two attached hydrogens (primary N) is 1. The molecule has 20 heavy (non-hydrogen) atoms. The van der Waals surface area contributed by atoms with Crippen molar-refractivity contribution in [2.45, 2.75) is 70.8 Å². The summed E-state index contributed by atoms with van der Waals surface area (Å²) in [6.45, 7) is 2.74. The first-order valence-electron chi connectivity index (χ1n) is 7.95. The highest BCUT2D eigenvalue weighted by atomic mass is 16.4. The van der Waals surface area contributed by atoms with Gasteiger partial charge in [-0.15, -0.1) is 0 Å². The van der Waals surface area contributed by atoms with Crippen LogP contribution in [-0.2, 0) is 4.79 Å². The summed E-state index contributed by atoms with van der Waals surface area (Å²) >= 11 is 0. The quantitative estimate of drug-likeness (QED) is 0.359. The minimum absolute atomic E-state index is 0.0831. The Balaban J connectivity index is 2.21. The number of nitrogens with zero attached hydrogens (tertiary/aromatic N) is 2. The summed E-state index contributed by atoms with van der Waals surface area (Å²) in [6.07, 6.45) is 9.23. The van der Waals surface area contributed by atoms with E-state index in [1.54, 1.807) is 0 Å². The van der Waals surface area contributed by atoms with Gasteiger partial charge in [-0.2, -0.15) is 0 Å². The van der Waals surface area contributed by atoms with Crippen LogP contribution < -0.4 is 5.73 Å². The molecule has 0 saturated heterocycles. The monoisotopic (exact) mass is 281 g/mol. The normalized spacial score (nSPS) is 23.8. The van der Waals surface area contributed by atoms with Crippen LogP contribution in [0.25, 0.3) is 0 Å². The Morgan fingerprint density at radius 1 is 1.25 bits per heavy atom. The average Bonchev–Trinajstić information content (AvgIpc) is 2.99. The second-order valence-electron chi connectivity index (χ2n) is 6.16. The molecule has 2 aliphatic carbocycles. The molecule has 0 radical (unpaired) electrons. The van der Waals surface area contributed by atoms with Crippen LogP contribution in [0.2, 0.25) is 0 Å². The molecule has 5 nitrogen and oxygen atoms in total. The predicted molar refractivity (Wildman–Crippen MR) is 78.6 cm³/mol. The molecule has 114 valence electrons. The maximum absolute atomic E-state index is 13.1. The van der Waals surface area contributed by atoms with Gasteiger partial charge in [-0.3, -0.25) is 4.79 Å².